The topological polar surface area (TPSA) is 38.8 Å². The summed E-state index contributed by atoms with van der Waals surface area (Å²) in [5.41, 5.74) is 4.41. The second-order valence-electron chi connectivity index (χ2n) is 7.84. The lowest BCUT2D eigenvalue weighted by molar-refractivity contribution is 0.0925. The molecule has 2 unspecified atom stereocenters. The third-order valence-corrected chi connectivity index (χ3v) is 5.92. The van der Waals surface area contributed by atoms with E-state index in [1.165, 1.54) is 11.1 Å². The van der Waals surface area contributed by atoms with E-state index in [2.05, 4.69) is 54.6 Å². The number of hydrogen-bond acceptors (Lipinski definition) is 4. The van der Waals surface area contributed by atoms with Crippen LogP contribution in [-0.4, -0.2) is 24.9 Å². The molecule has 29 heavy (non-hydrogen) atoms. The first kappa shape index (κ1) is 19.3. The van der Waals surface area contributed by atoms with E-state index in [0.717, 1.165) is 30.5 Å². The molecule has 0 radical (unpaired) electrons. The smallest absolute Gasteiger partial charge is 0.166 e. The molecule has 0 amide bonds. The molecule has 4 nitrogen and oxygen atoms in total. The molecule has 0 saturated heterocycles. The summed E-state index contributed by atoms with van der Waals surface area (Å²) < 4.78 is 10.8. The number of fused-ring (bicyclic) bond motifs is 1. The molecule has 0 fully saturated rings. The second-order valence-corrected chi connectivity index (χ2v) is 7.84. The Hall–Kier alpha value is -3.01. The van der Waals surface area contributed by atoms with Gasteiger partial charge < -0.3 is 14.4 Å². The van der Waals surface area contributed by atoms with E-state index < -0.39 is 0 Å². The molecule has 2 aromatic rings. The highest BCUT2D eigenvalue weighted by atomic mass is 16.5. The minimum absolute atomic E-state index is 0.000450. The summed E-state index contributed by atoms with van der Waals surface area (Å²) >= 11 is 0. The third-order valence-electron chi connectivity index (χ3n) is 5.92. The van der Waals surface area contributed by atoms with Crippen molar-refractivity contribution in [3.8, 4) is 11.5 Å². The molecule has 0 N–H and O–H groups in total. The van der Waals surface area contributed by atoms with Crippen molar-refractivity contribution in [2.24, 2.45) is 11.8 Å². The van der Waals surface area contributed by atoms with Crippen LogP contribution < -0.4 is 9.47 Å². The third kappa shape index (κ3) is 3.93. The molecule has 0 saturated carbocycles. The molecule has 1 aliphatic carbocycles. The fourth-order valence-corrected chi connectivity index (χ4v) is 4.32. The van der Waals surface area contributed by atoms with Gasteiger partial charge >= 0.3 is 0 Å². The molecule has 0 aromatic heterocycles. The number of ether oxygens (including phenoxy) is 2. The van der Waals surface area contributed by atoms with Crippen molar-refractivity contribution in [1.82, 2.24) is 4.90 Å². The molecule has 4 rings (SSSR count). The van der Waals surface area contributed by atoms with Gasteiger partial charge in [-0.25, -0.2) is 0 Å². The zero-order valence-electron chi connectivity index (χ0n) is 17.2. The highest BCUT2D eigenvalue weighted by molar-refractivity contribution is 6.03. The molecule has 0 bridgehead atoms. The lowest BCUT2D eigenvalue weighted by atomic mass is 9.86. The molecule has 2 aromatic carbocycles. The van der Waals surface area contributed by atoms with Crippen molar-refractivity contribution in [2.75, 3.05) is 14.2 Å². The van der Waals surface area contributed by atoms with Gasteiger partial charge in [0.25, 0.3) is 0 Å². The number of allylic oxidation sites excluding steroid dienone is 2. The van der Waals surface area contributed by atoms with E-state index in [1.54, 1.807) is 14.2 Å². The monoisotopic (exact) mass is 389 g/mol. The zero-order chi connectivity index (χ0) is 20.4. The Morgan fingerprint density at radius 1 is 1.07 bits per heavy atom. The van der Waals surface area contributed by atoms with Crippen LogP contribution in [0.2, 0.25) is 0 Å². The Balaban J connectivity index is 1.44. The van der Waals surface area contributed by atoms with Gasteiger partial charge in [0.15, 0.2) is 17.3 Å². The normalized spacial score (nSPS) is 20.4. The number of benzene rings is 2. The average molecular weight is 389 g/mol. The van der Waals surface area contributed by atoms with Gasteiger partial charge in [0, 0.05) is 36.3 Å². The predicted octanol–water partition coefficient (Wildman–Crippen LogP) is 5.00. The van der Waals surface area contributed by atoms with Gasteiger partial charge in [-0.05, 0) is 43.0 Å². The van der Waals surface area contributed by atoms with Gasteiger partial charge in [-0.15, -0.1) is 0 Å². The zero-order valence-corrected chi connectivity index (χ0v) is 17.2. The van der Waals surface area contributed by atoms with Crippen LogP contribution in [-0.2, 0) is 13.0 Å². The number of rotatable bonds is 6. The number of methoxy groups -OCH3 is 2. The molecule has 1 heterocycles. The fourth-order valence-electron chi connectivity index (χ4n) is 4.32. The van der Waals surface area contributed by atoms with Crippen LogP contribution >= 0.6 is 0 Å². The van der Waals surface area contributed by atoms with Crippen LogP contribution in [0.4, 0.5) is 0 Å². The summed E-state index contributed by atoms with van der Waals surface area (Å²) in [5.74, 6) is 1.80. The first-order valence-electron chi connectivity index (χ1n) is 10.0. The first-order valence-corrected chi connectivity index (χ1v) is 10.0. The number of carbonyl (C=O) groups is 1. The molecule has 2 atom stereocenters. The van der Waals surface area contributed by atoms with Crippen molar-refractivity contribution in [1.29, 1.82) is 0 Å². The molecule has 150 valence electrons. The Bertz CT molecular complexity index is 962. The van der Waals surface area contributed by atoms with Gasteiger partial charge in [0.1, 0.15) is 0 Å². The maximum absolute atomic E-state index is 13.0. The minimum atomic E-state index is 0.000450. The largest absolute Gasteiger partial charge is 0.493 e. The van der Waals surface area contributed by atoms with E-state index in [-0.39, 0.29) is 17.6 Å². The summed E-state index contributed by atoms with van der Waals surface area (Å²) in [6, 6.07) is 14.2. The number of hydrogen-bond donors (Lipinski definition) is 0. The molecular formula is C25H27NO3. The van der Waals surface area contributed by atoms with Gasteiger partial charge in [0.05, 0.1) is 14.2 Å². The van der Waals surface area contributed by atoms with Gasteiger partial charge in [-0.3, -0.25) is 4.79 Å². The van der Waals surface area contributed by atoms with Gasteiger partial charge in [0.2, 0.25) is 0 Å². The van der Waals surface area contributed by atoms with Gasteiger partial charge in [-0.1, -0.05) is 42.0 Å². The molecular weight excluding hydrogens is 362 g/mol. The van der Waals surface area contributed by atoms with Crippen molar-refractivity contribution < 1.29 is 14.3 Å². The Morgan fingerprint density at radius 3 is 2.48 bits per heavy atom. The predicted molar refractivity (Wildman–Crippen MR) is 114 cm³/mol. The van der Waals surface area contributed by atoms with Crippen molar-refractivity contribution >= 4 is 5.78 Å². The lowest BCUT2D eigenvalue weighted by Crippen LogP contribution is -2.20. The van der Waals surface area contributed by atoms with Crippen LogP contribution in [0.1, 0.15) is 34.8 Å². The highest BCUT2D eigenvalue weighted by Crippen LogP contribution is 2.39. The molecule has 4 heteroatoms. The number of carbonyl (C=O) groups excluding carboxylic acids is 1. The maximum atomic E-state index is 13.0. The van der Waals surface area contributed by atoms with Crippen LogP contribution in [0, 0.1) is 11.8 Å². The fraction of sp³-hybridized carbons (Fsp3) is 0.320. The highest BCUT2D eigenvalue weighted by Gasteiger charge is 2.34. The van der Waals surface area contributed by atoms with Crippen LogP contribution in [0.5, 0.6) is 11.5 Å². The first-order chi connectivity index (χ1) is 14.1. The van der Waals surface area contributed by atoms with Crippen LogP contribution in [0.25, 0.3) is 0 Å². The number of ketones is 1. The van der Waals surface area contributed by atoms with E-state index in [9.17, 15) is 4.79 Å². The van der Waals surface area contributed by atoms with E-state index in [4.69, 9.17) is 9.47 Å². The summed E-state index contributed by atoms with van der Waals surface area (Å²) in [5, 5.41) is 0. The molecule has 0 spiro atoms. The van der Waals surface area contributed by atoms with E-state index in [0.29, 0.717) is 11.5 Å². The average Bonchev–Trinajstić information content (AvgIpc) is 3.04. The SMILES string of the molecule is COc1cc2c(cc1OC)C(=O)C(CC1C=CN(Cc3ccccc3)C=C1C)C2. The summed E-state index contributed by atoms with van der Waals surface area (Å²) in [7, 11) is 3.23. The molecule has 1 aliphatic heterocycles. The summed E-state index contributed by atoms with van der Waals surface area (Å²) in [6.07, 6.45) is 8.17. The Labute approximate surface area is 172 Å². The van der Waals surface area contributed by atoms with Crippen molar-refractivity contribution in [3.05, 3.63) is 83.2 Å². The van der Waals surface area contributed by atoms with Crippen LogP contribution in [0.15, 0.2) is 66.5 Å². The maximum Gasteiger partial charge on any atom is 0.166 e. The molecule has 2 aliphatic rings. The van der Waals surface area contributed by atoms with Crippen LogP contribution in [0.3, 0.4) is 0 Å². The van der Waals surface area contributed by atoms with Crippen molar-refractivity contribution in [2.45, 2.75) is 26.3 Å². The van der Waals surface area contributed by atoms with E-state index >= 15 is 0 Å². The summed E-state index contributed by atoms with van der Waals surface area (Å²) in [6.45, 7) is 3.01. The number of Topliss-reactive ketones (excluding diaryl/α,β-unsaturated/α-hetero) is 1. The van der Waals surface area contributed by atoms with Crippen molar-refractivity contribution in [3.63, 3.8) is 0 Å². The standard InChI is InChI=1S/C25H27NO3/c1-17-15-26(16-18-7-5-4-6-8-18)10-9-19(17)11-21-12-20-13-23(28-2)24(29-3)14-22(20)25(21)27/h4-10,13-15,19,21H,11-12,16H2,1-3H3. The second kappa shape index (κ2) is 8.16. The van der Waals surface area contributed by atoms with E-state index in [1.807, 2.05) is 18.2 Å². The number of nitrogens with zero attached hydrogens (tertiary/aromatic N) is 1. The lowest BCUT2D eigenvalue weighted by Gasteiger charge is -2.27. The van der Waals surface area contributed by atoms with Gasteiger partial charge in [-0.2, -0.15) is 0 Å². The Morgan fingerprint density at radius 2 is 1.79 bits per heavy atom. The minimum Gasteiger partial charge on any atom is -0.493 e. The summed E-state index contributed by atoms with van der Waals surface area (Å²) in [4.78, 5) is 15.2. The quantitative estimate of drug-likeness (QED) is 0.697. The Kier molecular flexibility index (Phi) is 5.43.